The summed E-state index contributed by atoms with van der Waals surface area (Å²) in [6.07, 6.45) is 1.77. The van der Waals surface area contributed by atoms with E-state index in [9.17, 15) is 14.4 Å². The van der Waals surface area contributed by atoms with Crippen LogP contribution in [0.15, 0.2) is 41.1 Å². The highest BCUT2D eigenvalue weighted by atomic mass is 19.1. The van der Waals surface area contributed by atoms with E-state index in [0.29, 0.717) is 38.9 Å². The quantitative estimate of drug-likeness (QED) is 0.432. The molecule has 2 aromatic heterocycles. The number of ether oxygens (including phenoxy) is 1. The maximum absolute atomic E-state index is 14.3. The maximum Gasteiger partial charge on any atom is 0.303 e. The summed E-state index contributed by atoms with van der Waals surface area (Å²) < 4.78 is 25.4. The van der Waals surface area contributed by atoms with Gasteiger partial charge in [0.1, 0.15) is 17.6 Å². The van der Waals surface area contributed by atoms with E-state index < -0.39 is 11.8 Å². The highest BCUT2D eigenvalue weighted by molar-refractivity contribution is 5.95. The van der Waals surface area contributed by atoms with Crippen molar-refractivity contribution < 1.29 is 23.6 Å². The van der Waals surface area contributed by atoms with Crippen LogP contribution in [0.5, 0.6) is 5.75 Å². The van der Waals surface area contributed by atoms with Crippen molar-refractivity contribution in [2.24, 2.45) is 0 Å². The molecule has 32 heavy (non-hydrogen) atoms. The molecule has 0 unspecified atom stereocenters. The molecule has 0 radical (unpaired) electrons. The van der Waals surface area contributed by atoms with Gasteiger partial charge in [-0.2, -0.15) is 10.2 Å². The summed E-state index contributed by atoms with van der Waals surface area (Å²) >= 11 is 0. The van der Waals surface area contributed by atoms with Crippen LogP contribution in [0, 0.1) is 17.1 Å². The lowest BCUT2D eigenvalue weighted by Crippen LogP contribution is -2.06. The number of aromatic amines is 1. The smallest absolute Gasteiger partial charge is 0.303 e. The third-order valence-corrected chi connectivity index (χ3v) is 4.82. The third kappa shape index (κ3) is 4.16. The van der Waals surface area contributed by atoms with Crippen LogP contribution in [0.3, 0.4) is 0 Å². The highest BCUT2D eigenvalue weighted by Gasteiger charge is 2.18. The molecule has 0 fully saturated rings. The minimum atomic E-state index is -0.930. The second kappa shape index (κ2) is 8.51. The Kier molecular flexibility index (Phi) is 5.60. The molecule has 0 aliphatic rings. The van der Waals surface area contributed by atoms with Crippen LogP contribution < -0.4 is 4.74 Å². The fraction of sp³-hybridized carbons (Fsp3) is 0.217. The summed E-state index contributed by atoms with van der Waals surface area (Å²) in [7, 11) is 0. The first-order chi connectivity index (χ1) is 15.4. The van der Waals surface area contributed by atoms with E-state index in [0.717, 1.165) is 0 Å². The van der Waals surface area contributed by atoms with Crippen molar-refractivity contribution >= 4 is 16.9 Å². The van der Waals surface area contributed by atoms with Crippen molar-refractivity contribution in [3.63, 3.8) is 0 Å². The van der Waals surface area contributed by atoms with Gasteiger partial charge in [0.25, 0.3) is 5.89 Å². The van der Waals surface area contributed by atoms with Crippen LogP contribution in [0.1, 0.15) is 31.4 Å². The molecule has 0 saturated heterocycles. The molecule has 0 spiro atoms. The van der Waals surface area contributed by atoms with Gasteiger partial charge < -0.3 is 19.4 Å². The average Bonchev–Trinajstić information content (AvgIpc) is 3.39. The second-order valence-electron chi connectivity index (χ2n) is 7.50. The molecular formula is C23H19FN4O4. The summed E-state index contributed by atoms with van der Waals surface area (Å²) in [6, 6.07) is 9.69. The maximum atomic E-state index is 14.3. The van der Waals surface area contributed by atoms with E-state index >= 15 is 0 Å². The number of fused-ring (bicyclic) bond motifs is 1. The Labute approximate surface area is 182 Å². The number of H-pyrrole nitrogens is 1. The van der Waals surface area contributed by atoms with Crippen molar-refractivity contribution in [2.45, 2.75) is 32.8 Å². The van der Waals surface area contributed by atoms with Crippen molar-refractivity contribution in [3.05, 3.63) is 53.5 Å². The van der Waals surface area contributed by atoms with Gasteiger partial charge in [-0.05, 0) is 56.2 Å². The SMILES string of the molecule is CC(C)Oc1ccc(-c2nc(-c3cc(F)cc4c(CCC(=O)O)c[nH]c34)no2)cc1C#N. The number of carbonyl (C=O) groups is 1. The van der Waals surface area contributed by atoms with E-state index in [1.807, 2.05) is 13.8 Å². The van der Waals surface area contributed by atoms with E-state index in [4.69, 9.17) is 14.4 Å². The summed E-state index contributed by atoms with van der Waals surface area (Å²) in [5, 5.41) is 22.9. The largest absolute Gasteiger partial charge is 0.490 e. The van der Waals surface area contributed by atoms with Crippen molar-refractivity contribution in [1.29, 1.82) is 5.26 Å². The number of rotatable bonds is 7. The van der Waals surface area contributed by atoms with Gasteiger partial charge in [0.05, 0.1) is 17.2 Å². The van der Waals surface area contributed by atoms with Crippen LogP contribution in [-0.4, -0.2) is 32.3 Å². The number of carboxylic acids is 1. The predicted molar refractivity (Wildman–Crippen MR) is 113 cm³/mol. The molecule has 2 N–H and O–H groups in total. The number of hydrogen-bond acceptors (Lipinski definition) is 6. The molecule has 0 bridgehead atoms. The summed E-state index contributed by atoms with van der Waals surface area (Å²) in [4.78, 5) is 18.3. The minimum Gasteiger partial charge on any atom is -0.490 e. The first kappa shape index (κ1) is 21.1. The molecule has 9 heteroatoms. The molecule has 2 aromatic carbocycles. The molecular weight excluding hydrogens is 415 g/mol. The summed E-state index contributed by atoms with van der Waals surface area (Å²) in [5.74, 6) is -0.643. The van der Waals surface area contributed by atoms with Gasteiger partial charge in [0.2, 0.25) is 5.82 Å². The molecule has 8 nitrogen and oxygen atoms in total. The Morgan fingerprint density at radius 3 is 2.88 bits per heavy atom. The number of aliphatic carboxylic acids is 1. The van der Waals surface area contributed by atoms with Crippen LogP contribution in [0.25, 0.3) is 33.7 Å². The van der Waals surface area contributed by atoms with Gasteiger partial charge in [-0.1, -0.05) is 5.16 Å². The zero-order chi connectivity index (χ0) is 22.8. The number of nitriles is 1. The standard InChI is InChI=1S/C23H19FN4O4/c1-12(2)31-19-5-3-13(7-15(19)10-25)23-27-22(28-32-23)18-9-16(24)8-17-14(4-6-20(29)30)11-26-21(17)18/h3,5,7-9,11-12,26H,4,6H2,1-2H3,(H,29,30). The Bertz CT molecular complexity index is 1350. The summed E-state index contributed by atoms with van der Waals surface area (Å²) in [5.41, 5.74) is 2.51. The van der Waals surface area contributed by atoms with E-state index in [-0.39, 0.29) is 30.7 Å². The monoisotopic (exact) mass is 434 g/mol. The molecule has 0 saturated carbocycles. The number of benzene rings is 2. The molecule has 4 rings (SSSR count). The van der Waals surface area contributed by atoms with Gasteiger partial charge in [0, 0.05) is 29.1 Å². The molecule has 0 aliphatic carbocycles. The van der Waals surface area contributed by atoms with Crippen LogP contribution in [0.2, 0.25) is 0 Å². The Hall–Kier alpha value is -4.19. The van der Waals surface area contributed by atoms with Crippen LogP contribution in [0.4, 0.5) is 4.39 Å². The van der Waals surface area contributed by atoms with Gasteiger partial charge in [-0.3, -0.25) is 4.79 Å². The van der Waals surface area contributed by atoms with Crippen LogP contribution in [-0.2, 0) is 11.2 Å². The Balaban J connectivity index is 1.71. The van der Waals surface area contributed by atoms with Crippen molar-refractivity contribution in [3.8, 4) is 34.7 Å². The molecule has 4 aromatic rings. The number of aryl methyl sites for hydroxylation is 1. The molecule has 0 amide bonds. The zero-order valence-corrected chi connectivity index (χ0v) is 17.3. The number of nitrogens with one attached hydrogen (secondary N) is 1. The molecule has 0 aliphatic heterocycles. The normalized spacial score (nSPS) is 11.1. The summed E-state index contributed by atoms with van der Waals surface area (Å²) in [6.45, 7) is 3.74. The lowest BCUT2D eigenvalue weighted by Gasteiger charge is -2.11. The van der Waals surface area contributed by atoms with Gasteiger partial charge in [-0.15, -0.1) is 0 Å². The first-order valence-corrected chi connectivity index (χ1v) is 9.92. The lowest BCUT2D eigenvalue weighted by atomic mass is 10.0. The van der Waals surface area contributed by atoms with Gasteiger partial charge in [0.15, 0.2) is 0 Å². The average molecular weight is 434 g/mol. The lowest BCUT2D eigenvalue weighted by molar-refractivity contribution is -0.136. The van der Waals surface area contributed by atoms with E-state index in [2.05, 4.69) is 21.2 Å². The number of nitrogens with zero attached hydrogens (tertiary/aromatic N) is 3. The minimum absolute atomic E-state index is 0.0666. The fourth-order valence-corrected chi connectivity index (χ4v) is 3.43. The predicted octanol–water partition coefficient (Wildman–Crippen LogP) is 4.70. The number of halogens is 1. The first-order valence-electron chi connectivity index (χ1n) is 9.92. The molecule has 2 heterocycles. The van der Waals surface area contributed by atoms with Gasteiger partial charge >= 0.3 is 5.97 Å². The number of aromatic nitrogens is 3. The fourth-order valence-electron chi connectivity index (χ4n) is 3.43. The zero-order valence-electron chi connectivity index (χ0n) is 17.3. The molecule has 162 valence electrons. The van der Waals surface area contributed by atoms with Crippen LogP contribution >= 0.6 is 0 Å². The second-order valence-corrected chi connectivity index (χ2v) is 7.50. The molecule has 0 atom stereocenters. The third-order valence-electron chi connectivity index (χ3n) is 4.82. The van der Waals surface area contributed by atoms with E-state index in [1.165, 1.54) is 12.1 Å². The topological polar surface area (TPSA) is 125 Å². The number of carboxylic acid groups (broad SMARTS) is 1. The highest BCUT2D eigenvalue weighted by Crippen LogP contribution is 2.32. The number of hydrogen-bond donors (Lipinski definition) is 2. The Morgan fingerprint density at radius 1 is 1.34 bits per heavy atom. The van der Waals surface area contributed by atoms with Crippen molar-refractivity contribution in [1.82, 2.24) is 15.1 Å². The van der Waals surface area contributed by atoms with Crippen molar-refractivity contribution in [2.75, 3.05) is 0 Å². The Morgan fingerprint density at radius 2 is 2.16 bits per heavy atom. The van der Waals surface area contributed by atoms with E-state index in [1.54, 1.807) is 24.4 Å². The van der Waals surface area contributed by atoms with Gasteiger partial charge in [-0.25, -0.2) is 4.39 Å².